The maximum Gasteiger partial charge on any atom is 0.407 e. The molecule has 0 aromatic heterocycles. The molecule has 2 aliphatic rings. The van der Waals surface area contributed by atoms with Crippen LogP contribution in [-0.4, -0.2) is 54.2 Å². The average Bonchev–Trinajstić information content (AvgIpc) is 3.07. The molecule has 2 N–H and O–H groups in total. The van der Waals surface area contributed by atoms with E-state index in [1.54, 1.807) is 4.90 Å². The smallest absolute Gasteiger partial charge is 0.407 e. The molecule has 7 nitrogen and oxygen atoms in total. The Morgan fingerprint density at radius 3 is 2.22 bits per heavy atom. The van der Waals surface area contributed by atoms with Gasteiger partial charge in [0.2, 0.25) is 5.91 Å². The van der Waals surface area contributed by atoms with Crippen molar-refractivity contribution in [1.29, 1.82) is 0 Å². The van der Waals surface area contributed by atoms with E-state index in [4.69, 9.17) is 9.84 Å². The molecular weight excluding hydrogens is 408 g/mol. The lowest BCUT2D eigenvalue weighted by Gasteiger charge is -2.38. The van der Waals surface area contributed by atoms with Crippen LogP contribution in [0.5, 0.6) is 0 Å². The maximum atomic E-state index is 12.7. The molecule has 1 aliphatic heterocycles. The van der Waals surface area contributed by atoms with Gasteiger partial charge in [-0.05, 0) is 28.7 Å². The van der Waals surface area contributed by atoms with Crippen molar-refractivity contribution < 1.29 is 24.2 Å². The van der Waals surface area contributed by atoms with Crippen LogP contribution in [0.2, 0.25) is 0 Å². The summed E-state index contributed by atoms with van der Waals surface area (Å²) in [5.41, 5.74) is 4.62. The van der Waals surface area contributed by atoms with Gasteiger partial charge in [-0.1, -0.05) is 61.9 Å². The molecular formula is C25H28N2O5. The molecule has 1 heterocycles. The van der Waals surface area contributed by atoms with Crippen LogP contribution in [0.25, 0.3) is 11.1 Å². The molecule has 2 aromatic carbocycles. The van der Waals surface area contributed by atoms with Crippen LogP contribution >= 0.6 is 0 Å². The monoisotopic (exact) mass is 436 g/mol. The van der Waals surface area contributed by atoms with Crippen molar-refractivity contribution in [3.63, 3.8) is 0 Å². The predicted molar refractivity (Wildman–Crippen MR) is 119 cm³/mol. The Balaban J connectivity index is 1.32. The van der Waals surface area contributed by atoms with Crippen LogP contribution < -0.4 is 5.32 Å². The van der Waals surface area contributed by atoms with E-state index in [0.29, 0.717) is 6.42 Å². The van der Waals surface area contributed by atoms with Gasteiger partial charge in [-0.3, -0.25) is 9.59 Å². The van der Waals surface area contributed by atoms with Gasteiger partial charge in [0, 0.05) is 25.6 Å². The maximum absolute atomic E-state index is 12.7. The fourth-order valence-corrected chi connectivity index (χ4v) is 4.59. The zero-order valence-electron chi connectivity index (χ0n) is 18.1. The molecule has 0 radical (unpaired) electrons. The SMILES string of the molecule is CCCC(CNC(=O)OCC1c2ccccc2-c2ccccc21)C(=O)N1CC(C(=O)O)C1. The normalized spacial score (nSPS) is 16.0. The first kappa shape index (κ1) is 21.9. The van der Waals surface area contributed by atoms with Gasteiger partial charge in [0.05, 0.1) is 11.8 Å². The lowest BCUT2D eigenvalue weighted by Crippen LogP contribution is -2.55. The van der Waals surface area contributed by atoms with Crippen LogP contribution in [0.4, 0.5) is 4.79 Å². The molecule has 1 saturated heterocycles. The van der Waals surface area contributed by atoms with Gasteiger partial charge >= 0.3 is 12.1 Å². The highest BCUT2D eigenvalue weighted by molar-refractivity contribution is 5.83. The van der Waals surface area contributed by atoms with E-state index in [9.17, 15) is 14.4 Å². The van der Waals surface area contributed by atoms with Gasteiger partial charge < -0.3 is 20.1 Å². The van der Waals surface area contributed by atoms with Gasteiger partial charge in [-0.2, -0.15) is 0 Å². The molecule has 1 atom stereocenters. The Morgan fingerprint density at radius 1 is 1.06 bits per heavy atom. The fourth-order valence-electron chi connectivity index (χ4n) is 4.59. The number of hydrogen-bond acceptors (Lipinski definition) is 4. The van der Waals surface area contributed by atoms with Gasteiger partial charge in [-0.25, -0.2) is 4.79 Å². The Kier molecular flexibility index (Phi) is 6.44. The first-order valence-electron chi connectivity index (χ1n) is 11.1. The molecule has 7 heteroatoms. The largest absolute Gasteiger partial charge is 0.481 e. The number of likely N-dealkylation sites (tertiary alicyclic amines) is 1. The molecule has 1 unspecified atom stereocenters. The number of nitrogens with one attached hydrogen (secondary N) is 1. The van der Waals surface area contributed by atoms with E-state index in [-0.39, 0.29) is 44.0 Å². The number of amides is 2. The van der Waals surface area contributed by atoms with Crippen LogP contribution in [0.1, 0.15) is 36.8 Å². The summed E-state index contributed by atoms with van der Waals surface area (Å²) in [6, 6.07) is 16.3. The second-order valence-corrected chi connectivity index (χ2v) is 8.47. The van der Waals surface area contributed by atoms with Crippen molar-refractivity contribution in [1.82, 2.24) is 10.2 Å². The highest BCUT2D eigenvalue weighted by Crippen LogP contribution is 2.44. The first-order valence-corrected chi connectivity index (χ1v) is 11.1. The summed E-state index contributed by atoms with van der Waals surface area (Å²) < 4.78 is 5.54. The summed E-state index contributed by atoms with van der Waals surface area (Å²) in [5, 5.41) is 11.7. The number of hydrogen-bond donors (Lipinski definition) is 2. The lowest BCUT2D eigenvalue weighted by molar-refractivity contribution is -0.154. The highest BCUT2D eigenvalue weighted by atomic mass is 16.5. The number of carboxylic acids is 1. The third-order valence-corrected chi connectivity index (χ3v) is 6.37. The Hall–Kier alpha value is -3.35. The number of aliphatic carboxylic acids is 1. The molecule has 0 saturated carbocycles. The number of carboxylic acid groups (broad SMARTS) is 1. The highest BCUT2D eigenvalue weighted by Gasteiger charge is 2.38. The number of alkyl carbamates (subject to hydrolysis) is 1. The molecule has 168 valence electrons. The number of nitrogens with zero attached hydrogens (tertiary/aromatic N) is 1. The van der Waals surface area contributed by atoms with E-state index in [2.05, 4.69) is 29.6 Å². The summed E-state index contributed by atoms with van der Waals surface area (Å²) in [6.07, 6.45) is 0.864. The number of fused-ring (bicyclic) bond motifs is 3. The summed E-state index contributed by atoms with van der Waals surface area (Å²) >= 11 is 0. The molecule has 1 fully saturated rings. The van der Waals surface area contributed by atoms with Crippen molar-refractivity contribution in [2.75, 3.05) is 26.2 Å². The lowest BCUT2D eigenvalue weighted by atomic mass is 9.95. The zero-order chi connectivity index (χ0) is 22.7. The molecule has 32 heavy (non-hydrogen) atoms. The topological polar surface area (TPSA) is 95.9 Å². The molecule has 4 rings (SSSR count). The molecule has 2 aromatic rings. The van der Waals surface area contributed by atoms with Gasteiger partial charge in [0.15, 0.2) is 0 Å². The average molecular weight is 437 g/mol. The Bertz CT molecular complexity index is 969. The first-order chi connectivity index (χ1) is 15.5. The summed E-state index contributed by atoms with van der Waals surface area (Å²) in [5.74, 6) is -1.87. The minimum absolute atomic E-state index is 0.0183. The standard InChI is InChI=1S/C25H28N2O5/c1-2-7-16(23(28)27-13-17(14-27)24(29)30)12-26-25(31)32-15-22-20-10-5-3-8-18(20)19-9-4-6-11-21(19)22/h3-6,8-11,16-17,22H,2,7,12-15H2,1H3,(H,26,31)(H,29,30). The minimum atomic E-state index is -0.877. The fraction of sp³-hybridized carbons (Fsp3) is 0.400. The van der Waals surface area contributed by atoms with E-state index in [0.717, 1.165) is 17.5 Å². The minimum Gasteiger partial charge on any atom is -0.481 e. The third-order valence-electron chi connectivity index (χ3n) is 6.37. The summed E-state index contributed by atoms with van der Waals surface area (Å²) in [4.78, 5) is 37.6. The Labute approximate surface area is 187 Å². The summed E-state index contributed by atoms with van der Waals surface area (Å²) in [7, 11) is 0. The number of carbonyl (C=O) groups excluding carboxylic acids is 2. The molecule has 2 amide bonds. The predicted octanol–water partition coefficient (Wildman–Crippen LogP) is 3.48. The zero-order valence-corrected chi connectivity index (χ0v) is 18.1. The third kappa shape index (κ3) is 4.33. The van der Waals surface area contributed by atoms with Gasteiger partial charge in [0.1, 0.15) is 6.61 Å². The van der Waals surface area contributed by atoms with Crippen molar-refractivity contribution in [2.24, 2.45) is 11.8 Å². The number of ether oxygens (including phenoxy) is 1. The van der Waals surface area contributed by atoms with E-state index < -0.39 is 18.0 Å². The van der Waals surface area contributed by atoms with Crippen LogP contribution in [-0.2, 0) is 14.3 Å². The van der Waals surface area contributed by atoms with Crippen molar-refractivity contribution in [3.8, 4) is 11.1 Å². The number of benzene rings is 2. The van der Waals surface area contributed by atoms with Gasteiger partial charge in [-0.15, -0.1) is 0 Å². The molecule has 0 bridgehead atoms. The number of carbonyl (C=O) groups is 3. The second-order valence-electron chi connectivity index (χ2n) is 8.47. The Morgan fingerprint density at radius 2 is 1.66 bits per heavy atom. The molecule has 1 aliphatic carbocycles. The van der Waals surface area contributed by atoms with E-state index >= 15 is 0 Å². The van der Waals surface area contributed by atoms with Crippen LogP contribution in [0, 0.1) is 11.8 Å². The number of rotatable bonds is 8. The second kappa shape index (κ2) is 9.42. The van der Waals surface area contributed by atoms with Crippen molar-refractivity contribution in [2.45, 2.75) is 25.7 Å². The van der Waals surface area contributed by atoms with Crippen LogP contribution in [0.3, 0.4) is 0 Å². The van der Waals surface area contributed by atoms with Crippen molar-refractivity contribution >= 4 is 18.0 Å². The van der Waals surface area contributed by atoms with E-state index in [1.807, 2.05) is 31.2 Å². The van der Waals surface area contributed by atoms with E-state index in [1.165, 1.54) is 11.1 Å². The summed E-state index contributed by atoms with van der Waals surface area (Å²) in [6.45, 7) is 2.85. The van der Waals surface area contributed by atoms with Crippen molar-refractivity contribution in [3.05, 3.63) is 59.7 Å². The quantitative estimate of drug-likeness (QED) is 0.661. The van der Waals surface area contributed by atoms with Gasteiger partial charge in [0.25, 0.3) is 0 Å². The molecule has 0 spiro atoms. The van der Waals surface area contributed by atoms with Crippen LogP contribution in [0.15, 0.2) is 48.5 Å².